The van der Waals surface area contributed by atoms with E-state index in [1.165, 1.54) is 10.6 Å². The third kappa shape index (κ3) is 3.29. The maximum Gasteiger partial charge on any atom is 0.344 e. The Morgan fingerprint density at radius 2 is 2.09 bits per heavy atom. The number of para-hydroxylation sites is 1. The van der Waals surface area contributed by atoms with Gasteiger partial charge in [0.15, 0.2) is 5.16 Å². The minimum atomic E-state index is -0.842. The van der Waals surface area contributed by atoms with Gasteiger partial charge in [0.2, 0.25) is 5.91 Å². The van der Waals surface area contributed by atoms with Crippen molar-refractivity contribution < 1.29 is 13.6 Å². The molecule has 1 aromatic heterocycles. The number of aromatic nitrogens is 3. The molecule has 1 aliphatic rings. The molecule has 122 valence electrons. The maximum atomic E-state index is 13.6. The number of halogens is 2. The van der Waals surface area contributed by atoms with Gasteiger partial charge in [-0.15, -0.1) is 5.10 Å². The zero-order chi connectivity index (χ0) is 16.6. The monoisotopic (exact) mass is 340 g/mol. The molecule has 1 atom stereocenters. The van der Waals surface area contributed by atoms with Crippen LogP contribution in [0.4, 0.5) is 14.5 Å². The lowest BCUT2D eigenvalue weighted by Crippen LogP contribution is -2.24. The fourth-order valence-corrected chi connectivity index (χ4v) is 3.01. The van der Waals surface area contributed by atoms with Crippen LogP contribution in [0.3, 0.4) is 0 Å². The summed E-state index contributed by atoms with van der Waals surface area (Å²) in [7, 11) is 0. The standard InChI is InChI=1S/C14H14F2N4O2S/c1-7(12(21)17-11-9(15)3-2-4-10(11)16)23-14-19-18-13(22)20(14)8-5-6-8/h2-4,7-8H,5-6H2,1H3,(H,17,21)(H,18,22)/t7-/m1/s1. The minimum absolute atomic E-state index is 0.114. The predicted octanol–water partition coefficient (Wildman–Crippen LogP) is 2.30. The Morgan fingerprint density at radius 3 is 2.70 bits per heavy atom. The van der Waals surface area contributed by atoms with E-state index in [0.717, 1.165) is 36.7 Å². The van der Waals surface area contributed by atoms with Crippen molar-refractivity contribution >= 4 is 23.4 Å². The van der Waals surface area contributed by atoms with E-state index in [1.54, 1.807) is 6.92 Å². The lowest BCUT2D eigenvalue weighted by molar-refractivity contribution is -0.115. The topological polar surface area (TPSA) is 79.8 Å². The molecular weight excluding hydrogens is 326 g/mol. The first-order chi connectivity index (χ1) is 11.0. The van der Waals surface area contributed by atoms with Gasteiger partial charge in [-0.1, -0.05) is 17.8 Å². The van der Waals surface area contributed by atoms with Crippen LogP contribution >= 0.6 is 11.8 Å². The van der Waals surface area contributed by atoms with Crippen molar-refractivity contribution in [3.63, 3.8) is 0 Å². The SMILES string of the molecule is C[C@@H](Sc1n[nH]c(=O)n1C1CC1)C(=O)Nc1c(F)cccc1F. The molecular formula is C14H14F2N4O2S. The number of H-pyrrole nitrogens is 1. The molecule has 0 aliphatic heterocycles. The third-order valence-corrected chi connectivity index (χ3v) is 4.51. The van der Waals surface area contributed by atoms with Crippen LogP contribution in [0.1, 0.15) is 25.8 Å². The van der Waals surface area contributed by atoms with Crippen molar-refractivity contribution in [3.05, 3.63) is 40.3 Å². The van der Waals surface area contributed by atoms with Gasteiger partial charge in [-0.3, -0.25) is 9.36 Å². The number of aromatic amines is 1. The zero-order valence-corrected chi connectivity index (χ0v) is 13.0. The first kappa shape index (κ1) is 15.7. The second-order valence-corrected chi connectivity index (χ2v) is 6.57. The van der Waals surface area contributed by atoms with Crippen LogP contribution < -0.4 is 11.0 Å². The Morgan fingerprint density at radius 1 is 1.43 bits per heavy atom. The van der Waals surface area contributed by atoms with Gasteiger partial charge in [0.1, 0.15) is 17.3 Å². The Labute approximate surface area is 134 Å². The molecule has 1 amide bonds. The molecule has 1 aromatic carbocycles. The Kier molecular flexibility index (Phi) is 4.20. The number of nitrogens with one attached hydrogen (secondary N) is 2. The number of thioether (sulfide) groups is 1. The normalized spacial score (nSPS) is 15.4. The highest BCUT2D eigenvalue weighted by Gasteiger charge is 2.30. The van der Waals surface area contributed by atoms with Crippen LogP contribution in [0.5, 0.6) is 0 Å². The summed E-state index contributed by atoms with van der Waals surface area (Å²) < 4.78 is 28.6. The molecule has 0 saturated heterocycles. The van der Waals surface area contributed by atoms with Gasteiger partial charge in [0.25, 0.3) is 0 Å². The molecule has 2 aromatic rings. The van der Waals surface area contributed by atoms with Gasteiger partial charge in [0, 0.05) is 6.04 Å². The Hall–Kier alpha value is -2.16. The predicted molar refractivity (Wildman–Crippen MR) is 81.4 cm³/mol. The van der Waals surface area contributed by atoms with Crippen LogP contribution in [0.2, 0.25) is 0 Å². The number of nitrogens with zero attached hydrogens (tertiary/aromatic N) is 2. The summed E-state index contributed by atoms with van der Waals surface area (Å²) in [6, 6.07) is 3.46. The van der Waals surface area contributed by atoms with E-state index in [4.69, 9.17) is 0 Å². The molecule has 1 fully saturated rings. The zero-order valence-electron chi connectivity index (χ0n) is 12.2. The number of hydrogen-bond donors (Lipinski definition) is 2. The van der Waals surface area contributed by atoms with Gasteiger partial charge in [0.05, 0.1) is 5.25 Å². The summed E-state index contributed by atoms with van der Waals surface area (Å²) in [6.07, 6.45) is 1.79. The largest absolute Gasteiger partial charge is 0.344 e. The molecule has 0 unspecified atom stereocenters. The van der Waals surface area contributed by atoms with Gasteiger partial charge < -0.3 is 5.32 Å². The number of benzene rings is 1. The highest BCUT2D eigenvalue weighted by atomic mass is 32.2. The molecule has 2 N–H and O–H groups in total. The van der Waals surface area contributed by atoms with E-state index in [2.05, 4.69) is 15.5 Å². The quantitative estimate of drug-likeness (QED) is 0.819. The highest BCUT2D eigenvalue weighted by Crippen LogP contribution is 2.36. The Bertz CT molecular complexity index is 780. The van der Waals surface area contributed by atoms with E-state index in [0.29, 0.717) is 5.16 Å². The molecule has 0 bridgehead atoms. The molecule has 9 heteroatoms. The number of carbonyl (C=O) groups excluding carboxylic acids is 1. The van der Waals surface area contributed by atoms with E-state index in [1.807, 2.05) is 0 Å². The van der Waals surface area contributed by atoms with E-state index < -0.39 is 28.5 Å². The number of hydrogen-bond acceptors (Lipinski definition) is 4. The first-order valence-electron chi connectivity index (χ1n) is 7.06. The summed E-state index contributed by atoms with van der Waals surface area (Å²) in [4.78, 5) is 23.8. The van der Waals surface area contributed by atoms with E-state index in [9.17, 15) is 18.4 Å². The van der Waals surface area contributed by atoms with Crippen LogP contribution in [-0.4, -0.2) is 25.9 Å². The van der Waals surface area contributed by atoms with E-state index in [-0.39, 0.29) is 11.7 Å². The summed E-state index contributed by atoms with van der Waals surface area (Å²) in [5, 5.41) is 8.21. The molecule has 6 nitrogen and oxygen atoms in total. The molecule has 1 heterocycles. The summed E-state index contributed by atoms with van der Waals surface area (Å²) >= 11 is 1.06. The van der Waals surface area contributed by atoms with Gasteiger partial charge in [-0.2, -0.15) is 0 Å². The van der Waals surface area contributed by atoms with Crippen LogP contribution in [0.25, 0.3) is 0 Å². The second-order valence-electron chi connectivity index (χ2n) is 5.26. The second kappa shape index (κ2) is 6.15. The van der Waals surface area contributed by atoms with Crippen molar-refractivity contribution in [3.8, 4) is 0 Å². The van der Waals surface area contributed by atoms with Crippen molar-refractivity contribution in [1.82, 2.24) is 14.8 Å². The number of carbonyl (C=O) groups is 1. The summed E-state index contributed by atoms with van der Waals surface area (Å²) in [5.41, 5.74) is -0.797. The van der Waals surface area contributed by atoms with Crippen LogP contribution in [-0.2, 0) is 4.79 Å². The molecule has 3 rings (SSSR count). The third-order valence-electron chi connectivity index (χ3n) is 3.45. The summed E-state index contributed by atoms with van der Waals surface area (Å²) in [5.74, 6) is -2.26. The van der Waals surface area contributed by atoms with Crippen molar-refractivity contribution in [1.29, 1.82) is 0 Å². The van der Waals surface area contributed by atoms with Crippen LogP contribution in [0, 0.1) is 11.6 Å². The molecule has 0 spiro atoms. The Balaban J connectivity index is 1.72. The number of rotatable bonds is 5. The summed E-state index contributed by atoms with van der Waals surface area (Å²) in [6.45, 7) is 1.58. The molecule has 0 radical (unpaired) electrons. The van der Waals surface area contributed by atoms with Gasteiger partial charge in [-0.25, -0.2) is 18.7 Å². The fourth-order valence-electron chi connectivity index (χ4n) is 2.08. The minimum Gasteiger partial charge on any atom is -0.320 e. The van der Waals surface area contributed by atoms with Crippen molar-refractivity contribution in [2.45, 2.75) is 36.2 Å². The highest BCUT2D eigenvalue weighted by molar-refractivity contribution is 8.00. The lowest BCUT2D eigenvalue weighted by atomic mass is 10.3. The maximum absolute atomic E-state index is 13.6. The number of anilines is 1. The van der Waals surface area contributed by atoms with Gasteiger partial charge in [-0.05, 0) is 31.9 Å². The average Bonchev–Trinajstić information content (AvgIpc) is 3.27. The molecule has 1 aliphatic carbocycles. The van der Waals surface area contributed by atoms with Crippen LogP contribution in [0.15, 0.2) is 28.2 Å². The number of amides is 1. The fraction of sp³-hybridized carbons (Fsp3) is 0.357. The van der Waals surface area contributed by atoms with Gasteiger partial charge >= 0.3 is 5.69 Å². The van der Waals surface area contributed by atoms with Crippen molar-refractivity contribution in [2.24, 2.45) is 0 Å². The lowest BCUT2D eigenvalue weighted by Gasteiger charge is -2.12. The smallest absolute Gasteiger partial charge is 0.320 e. The van der Waals surface area contributed by atoms with Crippen molar-refractivity contribution in [2.75, 3.05) is 5.32 Å². The van der Waals surface area contributed by atoms with E-state index >= 15 is 0 Å². The first-order valence-corrected chi connectivity index (χ1v) is 7.93. The molecule has 1 saturated carbocycles. The average molecular weight is 340 g/mol. The molecule has 23 heavy (non-hydrogen) atoms.